The SMILES string of the molecule is CO/N=C(\C(=O)N[C@@H]1C(=O)N2C(C(=O)O)=C(CSC3=CC(C)=NC4=CN(C(=O)O)NN43)CS[C@H]12)c1csc(N)n1. The molecule has 3 amide bonds. The number of carbonyl (C=O) groups excluding carboxylic acids is 2. The Morgan fingerprint density at radius 1 is 1.38 bits per heavy atom. The number of nitrogens with zero attached hydrogens (tertiary/aromatic N) is 6. The number of aromatic nitrogens is 1. The van der Waals surface area contributed by atoms with Gasteiger partial charge in [-0.2, -0.15) is 5.01 Å². The van der Waals surface area contributed by atoms with E-state index in [2.05, 4.69) is 26.0 Å². The van der Waals surface area contributed by atoms with Gasteiger partial charge in [-0.15, -0.1) is 40.4 Å². The molecule has 0 bridgehead atoms. The Morgan fingerprint density at radius 3 is 2.80 bits per heavy atom. The third kappa shape index (κ3) is 4.98. The third-order valence-corrected chi connectivity index (χ3v) is 8.93. The molecule has 5 heterocycles. The zero-order chi connectivity index (χ0) is 28.7. The quantitative estimate of drug-likeness (QED) is 0.154. The number of thiazole rings is 1. The van der Waals surface area contributed by atoms with E-state index in [0.29, 0.717) is 22.1 Å². The van der Waals surface area contributed by atoms with Crippen LogP contribution in [0.1, 0.15) is 12.6 Å². The van der Waals surface area contributed by atoms with Gasteiger partial charge in [0.1, 0.15) is 29.9 Å². The van der Waals surface area contributed by atoms with Crippen molar-refractivity contribution >= 4 is 75.3 Å². The monoisotopic (exact) mass is 607 g/mol. The standard InChI is InChI=1S/C21H21N9O7S3/c1-8-3-12(30-11(23-8)4-28(27-30)21(35)36)38-5-9-6-39-18-14(17(32)29(18)15(9)19(33)34)25-16(31)13(26-37-2)10-7-40-20(22)24-10/h3-4,7,14,18,27H,5-6H2,1-2H3,(H2,22,24)(H,25,31)(H,33,34)(H,35,36)/b26-13-/t14-,18-/m1/s1. The van der Waals surface area contributed by atoms with Crippen molar-refractivity contribution in [1.29, 1.82) is 0 Å². The van der Waals surface area contributed by atoms with Crippen molar-refractivity contribution in [2.45, 2.75) is 18.3 Å². The molecule has 4 aliphatic heterocycles. The number of carboxylic acids is 1. The van der Waals surface area contributed by atoms with E-state index >= 15 is 0 Å². The van der Waals surface area contributed by atoms with E-state index < -0.39 is 35.3 Å². The highest BCUT2D eigenvalue weighted by molar-refractivity contribution is 8.03. The Bertz CT molecular complexity index is 1470. The number of oxime groups is 1. The van der Waals surface area contributed by atoms with Crippen molar-refractivity contribution in [1.82, 2.24) is 30.8 Å². The molecule has 210 valence electrons. The molecule has 2 atom stereocenters. The molecular weight excluding hydrogens is 586 g/mol. The Morgan fingerprint density at radius 2 is 2.15 bits per heavy atom. The highest BCUT2D eigenvalue weighted by Gasteiger charge is 2.54. The van der Waals surface area contributed by atoms with Crippen LogP contribution in [0, 0.1) is 0 Å². The highest BCUT2D eigenvalue weighted by Crippen LogP contribution is 2.42. The number of hydrogen-bond donors (Lipinski definition) is 5. The maximum Gasteiger partial charge on any atom is 0.427 e. The van der Waals surface area contributed by atoms with Crippen LogP contribution in [0.15, 0.2) is 49.9 Å². The van der Waals surface area contributed by atoms with Crippen molar-refractivity contribution in [3.8, 4) is 0 Å². The lowest BCUT2D eigenvalue weighted by molar-refractivity contribution is -0.150. The molecule has 1 aromatic rings. The zero-order valence-electron chi connectivity index (χ0n) is 20.7. The molecule has 1 fully saturated rings. The average molecular weight is 608 g/mol. The number of thioether (sulfide) groups is 2. The van der Waals surface area contributed by atoms with Crippen LogP contribution >= 0.6 is 34.9 Å². The van der Waals surface area contributed by atoms with Crippen molar-refractivity contribution in [2.75, 3.05) is 24.3 Å². The summed E-state index contributed by atoms with van der Waals surface area (Å²) in [7, 11) is 1.26. The van der Waals surface area contributed by atoms with Gasteiger partial charge in [0.2, 0.25) is 0 Å². The fourth-order valence-corrected chi connectivity index (χ4v) is 7.22. The fourth-order valence-electron chi connectivity index (χ4n) is 4.12. The molecule has 1 saturated heterocycles. The van der Waals surface area contributed by atoms with E-state index in [1.807, 2.05) is 0 Å². The van der Waals surface area contributed by atoms with Crippen molar-refractivity contribution in [2.24, 2.45) is 10.1 Å². The molecule has 16 nitrogen and oxygen atoms in total. The summed E-state index contributed by atoms with van der Waals surface area (Å²) in [4.78, 5) is 63.9. The summed E-state index contributed by atoms with van der Waals surface area (Å²) in [6.45, 7) is 1.75. The number of hydrogen-bond acceptors (Lipinski definition) is 14. The first-order chi connectivity index (χ1) is 19.1. The normalized spacial score (nSPS) is 22.1. The molecule has 0 aromatic carbocycles. The number of anilines is 1. The Balaban J connectivity index is 1.30. The van der Waals surface area contributed by atoms with E-state index in [1.165, 1.54) is 52.1 Å². The van der Waals surface area contributed by atoms with Crippen molar-refractivity contribution in [3.05, 3.63) is 45.5 Å². The van der Waals surface area contributed by atoms with Gasteiger partial charge in [0, 0.05) is 22.6 Å². The number of rotatable bonds is 8. The molecule has 6 N–H and O–H groups in total. The zero-order valence-corrected chi connectivity index (χ0v) is 23.2. The van der Waals surface area contributed by atoms with Gasteiger partial charge in [0.05, 0.1) is 11.2 Å². The molecule has 0 spiro atoms. The number of hydrazine groups is 2. The molecule has 0 unspecified atom stereocenters. The van der Waals surface area contributed by atoms with Crippen molar-refractivity contribution < 1.29 is 34.2 Å². The number of nitrogens with one attached hydrogen (secondary N) is 2. The van der Waals surface area contributed by atoms with Crippen LogP contribution in [0.3, 0.4) is 0 Å². The minimum Gasteiger partial charge on any atom is -0.477 e. The van der Waals surface area contributed by atoms with Crippen LogP contribution in [-0.4, -0.2) is 95.4 Å². The number of β-lactam (4-membered cyclic amide) rings is 1. The molecule has 19 heteroatoms. The summed E-state index contributed by atoms with van der Waals surface area (Å²) in [6, 6.07) is -0.984. The number of carbonyl (C=O) groups is 4. The second-order valence-corrected chi connectivity index (χ2v) is 11.4. The molecule has 5 rings (SSSR count). The summed E-state index contributed by atoms with van der Waals surface area (Å²) in [6.07, 6.45) is 1.83. The van der Waals surface area contributed by atoms with Crippen LogP contribution in [0.4, 0.5) is 9.93 Å². The predicted octanol–water partition coefficient (Wildman–Crippen LogP) is 0.378. The van der Waals surface area contributed by atoms with Crippen LogP contribution in [0.25, 0.3) is 0 Å². The van der Waals surface area contributed by atoms with Gasteiger partial charge in [0.15, 0.2) is 16.7 Å². The maximum absolute atomic E-state index is 13.1. The predicted molar refractivity (Wildman–Crippen MR) is 146 cm³/mol. The van der Waals surface area contributed by atoms with Crippen molar-refractivity contribution in [3.63, 3.8) is 0 Å². The van der Waals surface area contributed by atoms with Crippen LogP contribution in [0.5, 0.6) is 0 Å². The van der Waals surface area contributed by atoms with Crippen LogP contribution < -0.4 is 16.6 Å². The lowest BCUT2D eigenvalue weighted by Crippen LogP contribution is -2.71. The first-order valence-electron chi connectivity index (χ1n) is 11.3. The summed E-state index contributed by atoms with van der Waals surface area (Å²) in [5.74, 6) is -1.71. The van der Waals surface area contributed by atoms with Crippen LogP contribution in [-0.2, 0) is 19.2 Å². The number of aliphatic carboxylic acids is 1. The minimum absolute atomic E-state index is 0.149. The van der Waals surface area contributed by atoms with Gasteiger partial charge < -0.3 is 26.1 Å². The van der Waals surface area contributed by atoms with Gasteiger partial charge in [-0.3, -0.25) is 14.5 Å². The number of fused-ring (bicyclic) bond motifs is 2. The number of allylic oxidation sites excluding steroid dienone is 1. The van der Waals surface area contributed by atoms with E-state index in [-0.39, 0.29) is 33.7 Å². The number of amides is 3. The highest BCUT2D eigenvalue weighted by atomic mass is 32.2. The van der Waals surface area contributed by atoms with E-state index in [0.717, 1.165) is 16.3 Å². The second-order valence-electron chi connectivity index (χ2n) is 8.41. The molecular formula is C21H21N9O7S3. The average Bonchev–Trinajstić information content (AvgIpc) is 3.54. The number of nitrogen functional groups attached to an aromatic ring is 1. The first kappa shape index (κ1) is 27.5. The molecule has 0 radical (unpaired) electrons. The van der Waals surface area contributed by atoms with Gasteiger partial charge in [-0.05, 0) is 18.6 Å². The third-order valence-electron chi connectivity index (χ3n) is 5.82. The Hall–Kier alpha value is -4.07. The molecule has 0 saturated carbocycles. The molecule has 0 aliphatic carbocycles. The lowest BCUT2D eigenvalue weighted by Gasteiger charge is -2.49. The number of aliphatic imine (C=N–C) groups is 1. The summed E-state index contributed by atoms with van der Waals surface area (Å²) in [5.41, 5.74) is 9.33. The topological polar surface area (TPSA) is 215 Å². The summed E-state index contributed by atoms with van der Waals surface area (Å²) in [5, 5.41) is 29.6. The smallest absolute Gasteiger partial charge is 0.427 e. The minimum atomic E-state index is -1.27. The fraction of sp³-hybridized carbons (Fsp3) is 0.286. The Kier molecular flexibility index (Phi) is 7.45. The molecule has 40 heavy (non-hydrogen) atoms. The summed E-state index contributed by atoms with van der Waals surface area (Å²) < 4.78 is 0. The maximum atomic E-state index is 13.1. The van der Waals surface area contributed by atoms with E-state index in [4.69, 9.17) is 10.6 Å². The summed E-state index contributed by atoms with van der Waals surface area (Å²) >= 11 is 3.68. The molecule has 4 aliphatic rings. The van der Waals surface area contributed by atoms with E-state index in [1.54, 1.807) is 13.0 Å². The van der Waals surface area contributed by atoms with Gasteiger partial charge in [0.25, 0.3) is 11.8 Å². The molecule has 1 aromatic heterocycles. The lowest BCUT2D eigenvalue weighted by atomic mass is 10.0. The van der Waals surface area contributed by atoms with E-state index in [9.17, 15) is 29.4 Å². The van der Waals surface area contributed by atoms with Gasteiger partial charge >= 0.3 is 12.1 Å². The second kappa shape index (κ2) is 10.8. The van der Waals surface area contributed by atoms with Crippen LogP contribution in [0.2, 0.25) is 0 Å². The van der Waals surface area contributed by atoms with Gasteiger partial charge in [-0.25, -0.2) is 24.6 Å². The first-order valence-corrected chi connectivity index (χ1v) is 14.2. The largest absolute Gasteiger partial charge is 0.477 e. The number of nitrogens with two attached hydrogens (primary N) is 1. The van der Waals surface area contributed by atoms with Gasteiger partial charge in [-0.1, -0.05) is 5.16 Å². The Labute approximate surface area is 238 Å². The number of carboxylic acid groups (broad SMARTS) is 2.